The van der Waals surface area contributed by atoms with Gasteiger partial charge in [0.05, 0.1) is 0 Å². The fraction of sp³-hybridized carbons (Fsp3) is 0.273. The molecule has 116 valence electrons. The minimum Gasteiger partial charge on any atom is -0.480 e. The van der Waals surface area contributed by atoms with Crippen LogP contribution < -0.4 is 10.5 Å². The van der Waals surface area contributed by atoms with Crippen LogP contribution in [0.4, 0.5) is 4.39 Å². The molecule has 21 heavy (non-hydrogen) atoms. The maximum absolute atomic E-state index is 13.6. The first-order valence-electron chi connectivity index (χ1n) is 5.62. The zero-order valence-corrected chi connectivity index (χ0v) is 12.1. The third kappa shape index (κ3) is 4.96. The van der Waals surface area contributed by atoms with Crippen LogP contribution in [0.5, 0.6) is 0 Å². The molecule has 0 saturated carbocycles. The molecule has 0 unspecified atom stereocenters. The highest BCUT2D eigenvalue weighted by Crippen LogP contribution is 2.19. The average Bonchev–Trinajstić information content (AvgIpc) is 2.33. The van der Waals surface area contributed by atoms with Gasteiger partial charge < -0.3 is 10.8 Å². The number of halogens is 2. The van der Waals surface area contributed by atoms with Crippen LogP contribution in [0.2, 0.25) is 5.02 Å². The molecule has 0 radical (unpaired) electrons. The molecule has 0 aromatic heterocycles. The first kappa shape index (κ1) is 17.3. The molecular formula is C11H12ClFN2O5S. The molecule has 0 saturated heterocycles. The summed E-state index contributed by atoms with van der Waals surface area (Å²) in [5, 5.41) is 8.91. The minimum atomic E-state index is -4.42. The van der Waals surface area contributed by atoms with E-state index >= 15 is 0 Å². The van der Waals surface area contributed by atoms with Crippen LogP contribution in [0, 0.1) is 5.82 Å². The monoisotopic (exact) mass is 338 g/mol. The molecule has 1 aromatic carbocycles. The summed E-state index contributed by atoms with van der Waals surface area (Å²) in [5.41, 5.74) is 4.87. The second-order valence-electron chi connectivity index (χ2n) is 4.09. The molecule has 0 spiro atoms. The second-order valence-corrected chi connectivity index (χ2v) is 6.21. The van der Waals surface area contributed by atoms with Crippen molar-refractivity contribution in [2.75, 3.05) is 0 Å². The topological polar surface area (TPSA) is 127 Å². The lowest BCUT2D eigenvalue weighted by atomic mass is 10.2. The first-order chi connectivity index (χ1) is 9.63. The van der Waals surface area contributed by atoms with Gasteiger partial charge in [-0.2, -0.15) is 4.72 Å². The fourth-order valence-electron chi connectivity index (χ4n) is 1.46. The summed E-state index contributed by atoms with van der Waals surface area (Å²) in [6.07, 6.45) is -0.679. The molecule has 0 bridgehead atoms. The summed E-state index contributed by atoms with van der Waals surface area (Å²) in [5.74, 6) is -3.40. The van der Waals surface area contributed by atoms with E-state index in [2.05, 4.69) is 0 Å². The van der Waals surface area contributed by atoms with Crippen molar-refractivity contribution in [3.05, 3.63) is 29.0 Å². The summed E-state index contributed by atoms with van der Waals surface area (Å²) in [6.45, 7) is 0. The number of carboxylic acid groups (broad SMARTS) is 1. The third-order valence-electron chi connectivity index (χ3n) is 2.46. The Morgan fingerprint density at radius 1 is 1.43 bits per heavy atom. The number of nitrogens with two attached hydrogens (primary N) is 1. The van der Waals surface area contributed by atoms with E-state index in [4.69, 9.17) is 22.4 Å². The Morgan fingerprint density at radius 2 is 2.05 bits per heavy atom. The summed E-state index contributed by atoms with van der Waals surface area (Å²) in [6, 6.07) is 1.25. The van der Waals surface area contributed by atoms with Gasteiger partial charge in [0.15, 0.2) is 0 Å². The quantitative estimate of drug-likeness (QED) is 0.666. The normalized spacial score (nSPS) is 12.9. The number of sulfonamides is 1. The number of rotatable bonds is 7. The van der Waals surface area contributed by atoms with E-state index in [0.717, 1.165) is 18.2 Å². The highest BCUT2D eigenvalue weighted by Gasteiger charge is 2.27. The molecule has 0 fully saturated rings. The smallest absolute Gasteiger partial charge is 0.321 e. The highest BCUT2D eigenvalue weighted by molar-refractivity contribution is 7.89. The van der Waals surface area contributed by atoms with Crippen LogP contribution in [-0.4, -0.2) is 31.4 Å². The molecule has 7 nitrogen and oxygen atoms in total. The van der Waals surface area contributed by atoms with Gasteiger partial charge in [-0.15, -0.1) is 0 Å². The molecular weight excluding hydrogens is 327 g/mol. The summed E-state index contributed by atoms with van der Waals surface area (Å²) >= 11 is 5.51. The van der Waals surface area contributed by atoms with Crippen molar-refractivity contribution in [1.82, 2.24) is 4.72 Å². The number of hydrogen-bond donors (Lipinski definition) is 3. The third-order valence-corrected chi connectivity index (χ3v) is 4.20. The predicted octanol–water partition coefficient (Wildman–Crippen LogP) is 0.476. The van der Waals surface area contributed by atoms with Gasteiger partial charge in [-0.1, -0.05) is 11.6 Å². The predicted molar refractivity (Wildman–Crippen MR) is 71.6 cm³/mol. The Hall–Kier alpha value is -1.71. The molecule has 1 aromatic rings. The standard InChI is InChI=1S/C11H12ClFN2O5S/c12-6-1-3-9(7(13)5-6)21(19,20)15-8(11(17)18)2-4-10(14)16/h1,3,5,8,15H,2,4H2,(H2,14,16)(H,17,18)/t8-/m0/s1. The van der Waals surface area contributed by atoms with Gasteiger partial charge in [0.25, 0.3) is 0 Å². The van der Waals surface area contributed by atoms with Crippen molar-refractivity contribution in [2.45, 2.75) is 23.8 Å². The summed E-state index contributed by atoms with van der Waals surface area (Å²) in [4.78, 5) is 20.9. The van der Waals surface area contributed by atoms with E-state index in [9.17, 15) is 22.4 Å². The van der Waals surface area contributed by atoms with Crippen LogP contribution in [0.25, 0.3) is 0 Å². The van der Waals surface area contributed by atoms with Crippen LogP contribution in [0.1, 0.15) is 12.8 Å². The number of nitrogens with one attached hydrogen (secondary N) is 1. The highest BCUT2D eigenvalue weighted by atomic mass is 35.5. The number of primary amides is 1. The van der Waals surface area contributed by atoms with Gasteiger partial charge in [0.2, 0.25) is 15.9 Å². The van der Waals surface area contributed by atoms with Crippen molar-refractivity contribution < 1.29 is 27.5 Å². The van der Waals surface area contributed by atoms with Crippen molar-refractivity contribution >= 4 is 33.5 Å². The fourth-order valence-corrected chi connectivity index (χ4v) is 2.91. The van der Waals surface area contributed by atoms with Crippen molar-refractivity contribution in [2.24, 2.45) is 5.73 Å². The minimum absolute atomic E-state index is 0.00466. The van der Waals surface area contributed by atoms with Crippen molar-refractivity contribution in [3.63, 3.8) is 0 Å². The number of amides is 1. The van der Waals surface area contributed by atoms with E-state index in [0.29, 0.717) is 0 Å². The molecule has 10 heteroatoms. The van der Waals surface area contributed by atoms with Crippen LogP contribution in [-0.2, 0) is 19.6 Å². The van der Waals surface area contributed by atoms with Gasteiger partial charge in [0.1, 0.15) is 16.8 Å². The van der Waals surface area contributed by atoms with E-state index in [-0.39, 0.29) is 17.9 Å². The number of carbonyl (C=O) groups excluding carboxylic acids is 1. The van der Waals surface area contributed by atoms with Crippen LogP contribution in [0.3, 0.4) is 0 Å². The molecule has 4 N–H and O–H groups in total. The Labute approximate surface area is 124 Å². The van der Waals surface area contributed by atoms with Crippen LogP contribution >= 0.6 is 11.6 Å². The number of aliphatic carboxylic acids is 1. The Kier molecular flexibility index (Phi) is 5.64. The Balaban J connectivity index is 3.00. The first-order valence-corrected chi connectivity index (χ1v) is 7.48. The van der Waals surface area contributed by atoms with Gasteiger partial charge >= 0.3 is 5.97 Å². The number of carboxylic acids is 1. The van der Waals surface area contributed by atoms with E-state index in [1.54, 1.807) is 4.72 Å². The lowest BCUT2D eigenvalue weighted by Crippen LogP contribution is -2.41. The maximum atomic E-state index is 13.6. The Morgan fingerprint density at radius 3 is 2.52 bits per heavy atom. The lowest BCUT2D eigenvalue weighted by molar-refractivity contribution is -0.139. The van der Waals surface area contributed by atoms with Crippen LogP contribution in [0.15, 0.2) is 23.1 Å². The Bertz CT molecular complexity index is 665. The van der Waals surface area contributed by atoms with E-state index in [1.807, 2.05) is 0 Å². The van der Waals surface area contributed by atoms with E-state index in [1.165, 1.54) is 0 Å². The largest absolute Gasteiger partial charge is 0.480 e. The molecule has 1 rings (SSSR count). The molecule has 0 aliphatic carbocycles. The summed E-state index contributed by atoms with van der Waals surface area (Å²) < 4.78 is 39.3. The van der Waals surface area contributed by atoms with Crippen molar-refractivity contribution in [1.29, 1.82) is 0 Å². The molecule has 1 atom stereocenters. The zero-order valence-electron chi connectivity index (χ0n) is 10.5. The molecule has 0 aliphatic heterocycles. The maximum Gasteiger partial charge on any atom is 0.321 e. The summed E-state index contributed by atoms with van der Waals surface area (Å²) in [7, 11) is -4.42. The van der Waals surface area contributed by atoms with Gasteiger partial charge in [-0.25, -0.2) is 12.8 Å². The zero-order chi connectivity index (χ0) is 16.2. The van der Waals surface area contributed by atoms with Gasteiger partial charge in [-0.3, -0.25) is 9.59 Å². The molecule has 0 heterocycles. The number of hydrogen-bond acceptors (Lipinski definition) is 4. The number of carbonyl (C=O) groups is 2. The average molecular weight is 339 g/mol. The lowest BCUT2D eigenvalue weighted by Gasteiger charge is -2.14. The van der Waals surface area contributed by atoms with Gasteiger partial charge in [0, 0.05) is 11.4 Å². The van der Waals surface area contributed by atoms with Crippen molar-refractivity contribution in [3.8, 4) is 0 Å². The molecule has 1 amide bonds. The van der Waals surface area contributed by atoms with Gasteiger partial charge in [-0.05, 0) is 24.6 Å². The molecule has 0 aliphatic rings. The van der Waals surface area contributed by atoms with E-state index < -0.39 is 38.7 Å². The number of benzene rings is 1. The second kappa shape index (κ2) is 6.83. The SMILES string of the molecule is NC(=O)CC[C@H](NS(=O)(=O)c1ccc(Cl)cc1F)C(=O)O.